The van der Waals surface area contributed by atoms with Crippen LogP contribution in [0.5, 0.6) is 11.5 Å². The Morgan fingerprint density at radius 3 is 2.48 bits per heavy atom. The van der Waals surface area contributed by atoms with Crippen molar-refractivity contribution in [3.8, 4) is 11.5 Å². The van der Waals surface area contributed by atoms with Crippen LogP contribution in [-0.4, -0.2) is 10.9 Å². The van der Waals surface area contributed by atoms with Crippen LogP contribution in [-0.2, 0) is 11.2 Å². The van der Waals surface area contributed by atoms with Gasteiger partial charge < -0.3 is 10.1 Å². The van der Waals surface area contributed by atoms with Crippen LogP contribution in [0, 0.1) is 6.92 Å². The molecule has 29 heavy (non-hydrogen) atoms. The third kappa shape index (κ3) is 5.49. The van der Waals surface area contributed by atoms with Crippen LogP contribution in [0.2, 0.25) is 10.0 Å². The zero-order chi connectivity index (χ0) is 21.0. The Morgan fingerprint density at radius 2 is 1.86 bits per heavy atom. The smallest absolute Gasteiger partial charge is 0.228 e. The lowest BCUT2D eigenvalue weighted by Gasteiger charge is -2.15. The Hall–Kier alpha value is -2.56. The van der Waals surface area contributed by atoms with Crippen LogP contribution >= 0.6 is 23.2 Å². The maximum absolute atomic E-state index is 12.3. The molecule has 0 bridgehead atoms. The normalized spacial score (nSPS) is 10.8. The summed E-state index contributed by atoms with van der Waals surface area (Å²) in [5, 5.41) is 3.44. The van der Waals surface area contributed by atoms with E-state index < -0.39 is 0 Å². The minimum atomic E-state index is -0.182. The number of carbonyl (C=O) groups is 1. The molecule has 1 amide bonds. The molecule has 2 aromatic carbocycles. The molecule has 0 atom stereocenters. The van der Waals surface area contributed by atoms with Gasteiger partial charge in [0, 0.05) is 18.1 Å². The number of carbonyl (C=O) groups excluding carboxylic acids is 1. The van der Waals surface area contributed by atoms with Crippen LogP contribution < -0.4 is 10.1 Å². The van der Waals surface area contributed by atoms with Crippen molar-refractivity contribution >= 4 is 34.8 Å². The molecule has 0 saturated heterocycles. The Bertz CT molecular complexity index is 998. The maximum Gasteiger partial charge on any atom is 0.228 e. The first kappa shape index (κ1) is 21.2. The fraction of sp³-hybridized carbons (Fsp3) is 0.217. The average molecular weight is 429 g/mol. The van der Waals surface area contributed by atoms with Crippen LogP contribution in [0.1, 0.15) is 36.5 Å². The van der Waals surface area contributed by atoms with Gasteiger partial charge in [-0.05, 0) is 59.9 Å². The number of nitrogens with zero attached hydrogens (tertiary/aromatic N) is 1. The number of halogens is 2. The molecule has 1 heterocycles. The van der Waals surface area contributed by atoms with Crippen LogP contribution in [0.3, 0.4) is 0 Å². The van der Waals surface area contributed by atoms with Crippen molar-refractivity contribution in [1.29, 1.82) is 0 Å². The highest BCUT2D eigenvalue weighted by Gasteiger charge is 2.14. The molecule has 3 rings (SSSR count). The van der Waals surface area contributed by atoms with Gasteiger partial charge in [0.25, 0.3) is 0 Å². The van der Waals surface area contributed by atoms with Gasteiger partial charge in [-0.25, -0.2) is 0 Å². The van der Waals surface area contributed by atoms with Crippen molar-refractivity contribution in [2.45, 2.75) is 33.1 Å². The van der Waals surface area contributed by atoms with E-state index in [2.05, 4.69) is 31.1 Å². The van der Waals surface area contributed by atoms with Crippen molar-refractivity contribution in [3.63, 3.8) is 0 Å². The van der Waals surface area contributed by atoms with E-state index in [9.17, 15) is 4.79 Å². The molecule has 0 radical (unpaired) electrons. The number of aromatic nitrogens is 1. The fourth-order valence-electron chi connectivity index (χ4n) is 3.04. The molecule has 0 fully saturated rings. The quantitative estimate of drug-likeness (QED) is 0.469. The monoisotopic (exact) mass is 428 g/mol. The van der Waals surface area contributed by atoms with Crippen LogP contribution in [0.25, 0.3) is 0 Å². The zero-order valence-electron chi connectivity index (χ0n) is 16.5. The van der Waals surface area contributed by atoms with Gasteiger partial charge in [0.05, 0.1) is 16.5 Å². The number of amides is 1. The number of aryl methyl sites for hydroxylation is 1. The molecule has 0 aliphatic carbocycles. The lowest BCUT2D eigenvalue weighted by molar-refractivity contribution is -0.115. The number of hydrogen-bond acceptors (Lipinski definition) is 3. The standard InChI is InChI=1S/C23H22Cl2N2O2/c1-14(2)19-12-18(7-6-15(19)3)29-23-20(24)10-17(11-21(23)25)27-22(28)9-16-5-4-8-26-13-16/h4-8,10-14H,9H2,1-3H3,(H,27,28). The van der Waals surface area contributed by atoms with Crippen molar-refractivity contribution in [1.82, 2.24) is 4.98 Å². The van der Waals surface area contributed by atoms with Crippen molar-refractivity contribution in [2.24, 2.45) is 0 Å². The minimum absolute atomic E-state index is 0.182. The number of anilines is 1. The van der Waals surface area contributed by atoms with Gasteiger partial charge in [0.1, 0.15) is 5.75 Å². The second kappa shape index (κ2) is 9.29. The van der Waals surface area contributed by atoms with Gasteiger partial charge >= 0.3 is 0 Å². The molecular weight excluding hydrogens is 407 g/mol. The number of ether oxygens (including phenoxy) is 1. The number of hydrogen-bond donors (Lipinski definition) is 1. The summed E-state index contributed by atoms with van der Waals surface area (Å²) >= 11 is 12.8. The highest BCUT2D eigenvalue weighted by atomic mass is 35.5. The van der Waals surface area contributed by atoms with E-state index in [0.29, 0.717) is 33.1 Å². The van der Waals surface area contributed by atoms with E-state index in [1.165, 1.54) is 11.1 Å². The second-order valence-electron chi connectivity index (χ2n) is 7.13. The highest BCUT2D eigenvalue weighted by molar-refractivity contribution is 6.37. The van der Waals surface area contributed by atoms with E-state index >= 15 is 0 Å². The molecule has 0 aliphatic heterocycles. The third-order valence-corrected chi connectivity index (χ3v) is 5.02. The van der Waals surface area contributed by atoms with E-state index in [4.69, 9.17) is 27.9 Å². The largest absolute Gasteiger partial charge is 0.454 e. The van der Waals surface area contributed by atoms with Gasteiger partial charge in [0.15, 0.2) is 5.75 Å². The molecule has 150 valence electrons. The van der Waals surface area contributed by atoms with E-state index in [1.54, 1.807) is 30.6 Å². The van der Waals surface area contributed by atoms with Crippen LogP contribution in [0.4, 0.5) is 5.69 Å². The van der Waals surface area contributed by atoms with Gasteiger partial charge in [-0.1, -0.05) is 49.2 Å². The summed E-state index contributed by atoms with van der Waals surface area (Å²) in [5.41, 5.74) is 3.74. The lowest BCUT2D eigenvalue weighted by Crippen LogP contribution is -2.14. The molecular formula is C23H22Cl2N2O2. The first-order valence-corrected chi connectivity index (χ1v) is 10.0. The predicted octanol–water partition coefficient (Wildman–Crippen LogP) is 6.79. The number of pyridine rings is 1. The van der Waals surface area contributed by atoms with Crippen LogP contribution in [0.15, 0.2) is 54.9 Å². The van der Waals surface area contributed by atoms with Gasteiger partial charge in [-0.2, -0.15) is 0 Å². The summed E-state index contributed by atoms with van der Waals surface area (Å²) in [6.45, 7) is 6.34. The zero-order valence-corrected chi connectivity index (χ0v) is 18.0. The van der Waals surface area contributed by atoms with Gasteiger partial charge in [-0.15, -0.1) is 0 Å². The minimum Gasteiger partial charge on any atom is -0.454 e. The number of rotatable bonds is 6. The number of nitrogens with one attached hydrogen (secondary N) is 1. The van der Waals surface area contributed by atoms with E-state index in [0.717, 1.165) is 5.56 Å². The summed E-state index contributed by atoms with van der Waals surface area (Å²) in [6.07, 6.45) is 3.53. The highest BCUT2D eigenvalue weighted by Crippen LogP contribution is 2.39. The summed E-state index contributed by atoms with van der Waals surface area (Å²) in [7, 11) is 0. The molecule has 0 unspecified atom stereocenters. The SMILES string of the molecule is Cc1ccc(Oc2c(Cl)cc(NC(=O)Cc3cccnc3)cc2Cl)cc1C(C)C. The first-order chi connectivity index (χ1) is 13.8. The molecule has 1 aromatic heterocycles. The third-order valence-electron chi connectivity index (χ3n) is 4.46. The fourth-order valence-corrected chi connectivity index (χ4v) is 3.61. The molecule has 6 heteroatoms. The summed E-state index contributed by atoms with van der Waals surface area (Å²) in [5.74, 6) is 1.22. The average Bonchev–Trinajstić information content (AvgIpc) is 2.66. The van der Waals surface area contributed by atoms with Crippen molar-refractivity contribution in [2.75, 3.05) is 5.32 Å². The Balaban J connectivity index is 1.76. The van der Waals surface area contributed by atoms with Crippen molar-refractivity contribution in [3.05, 3.63) is 81.6 Å². The number of benzene rings is 2. The van der Waals surface area contributed by atoms with Gasteiger partial charge in [-0.3, -0.25) is 9.78 Å². The van der Waals surface area contributed by atoms with E-state index in [1.807, 2.05) is 24.3 Å². The topological polar surface area (TPSA) is 51.2 Å². The van der Waals surface area contributed by atoms with Gasteiger partial charge in [0.2, 0.25) is 5.91 Å². The predicted molar refractivity (Wildman–Crippen MR) is 118 cm³/mol. The molecule has 0 aliphatic rings. The first-order valence-electron chi connectivity index (χ1n) is 9.29. The molecule has 0 spiro atoms. The summed E-state index contributed by atoms with van der Waals surface area (Å²) in [6, 6.07) is 12.8. The Morgan fingerprint density at radius 1 is 1.14 bits per heavy atom. The summed E-state index contributed by atoms with van der Waals surface area (Å²) in [4.78, 5) is 16.3. The Kier molecular flexibility index (Phi) is 6.78. The second-order valence-corrected chi connectivity index (χ2v) is 7.94. The van der Waals surface area contributed by atoms with Crippen molar-refractivity contribution < 1.29 is 9.53 Å². The summed E-state index contributed by atoms with van der Waals surface area (Å²) < 4.78 is 5.96. The Labute approximate surface area is 180 Å². The lowest BCUT2D eigenvalue weighted by atomic mass is 9.98. The molecule has 0 saturated carbocycles. The molecule has 4 nitrogen and oxygen atoms in total. The maximum atomic E-state index is 12.3. The molecule has 1 N–H and O–H groups in total. The molecule has 3 aromatic rings. The van der Waals surface area contributed by atoms with E-state index in [-0.39, 0.29) is 12.3 Å².